The normalized spacial score (nSPS) is 32.5. The van der Waals surface area contributed by atoms with E-state index in [0.717, 1.165) is 18.6 Å². The number of ether oxygens (including phenoxy) is 2. The van der Waals surface area contributed by atoms with E-state index in [9.17, 15) is 19.8 Å². The van der Waals surface area contributed by atoms with E-state index in [-0.39, 0.29) is 37.0 Å². The number of unbranched alkanes of at least 4 members (excludes halogenated alkanes) is 1. The number of imidazole rings is 1. The second kappa shape index (κ2) is 9.52. The van der Waals surface area contributed by atoms with Gasteiger partial charge in [0.2, 0.25) is 0 Å². The number of nitrogens with one attached hydrogen (secondary N) is 2. The topological polar surface area (TPSA) is 187 Å². The predicted octanol–water partition coefficient (Wildman–Crippen LogP) is -0.703. The third-order valence-electron chi connectivity index (χ3n) is 6.46. The maximum absolute atomic E-state index is 12.2. The van der Waals surface area contributed by atoms with E-state index in [1.165, 1.54) is 17.2 Å². The maximum Gasteiger partial charge on any atom is 0.315 e. The summed E-state index contributed by atoms with van der Waals surface area (Å²) in [5.74, 6) is 0.704. The Morgan fingerprint density at radius 3 is 2.97 bits per heavy atom. The molecule has 0 aromatic carbocycles. The van der Waals surface area contributed by atoms with Crippen LogP contribution in [0.2, 0.25) is 0 Å². The quantitative estimate of drug-likeness (QED) is 0.178. The highest BCUT2D eigenvalue weighted by Gasteiger charge is 2.45. The van der Waals surface area contributed by atoms with Crippen LogP contribution in [0.3, 0.4) is 0 Å². The Morgan fingerprint density at radius 2 is 2.12 bits per heavy atom. The number of aliphatic hydroxyl groups is 2. The van der Waals surface area contributed by atoms with E-state index in [1.54, 1.807) is 0 Å². The number of aliphatic hydroxyl groups excluding tert-OH is 2. The van der Waals surface area contributed by atoms with Crippen molar-refractivity contribution in [1.82, 2.24) is 30.2 Å². The molecule has 5 rings (SSSR count). The van der Waals surface area contributed by atoms with Gasteiger partial charge in [0.05, 0.1) is 18.4 Å². The average Bonchev–Trinajstić information content (AvgIpc) is 3.56. The van der Waals surface area contributed by atoms with Crippen LogP contribution in [0.5, 0.6) is 0 Å². The summed E-state index contributed by atoms with van der Waals surface area (Å²) in [5, 5.41) is 27.1. The van der Waals surface area contributed by atoms with Crippen LogP contribution in [0.15, 0.2) is 12.7 Å². The van der Waals surface area contributed by atoms with Crippen LogP contribution in [0.1, 0.15) is 31.9 Å². The molecule has 13 nitrogen and oxygen atoms in total. The van der Waals surface area contributed by atoms with Crippen molar-refractivity contribution in [2.45, 2.75) is 67.6 Å². The Hall–Kier alpha value is -2.68. The van der Waals surface area contributed by atoms with Crippen LogP contribution in [-0.4, -0.2) is 89.7 Å². The van der Waals surface area contributed by atoms with Gasteiger partial charge in [-0.25, -0.2) is 19.7 Å². The third-order valence-corrected chi connectivity index (χ3v) is 7.97. The number of aromatic nitrogens is 4. The van der Waals surface area contributed by atoms with Crippen molar-refractivity contribution >= 4 is 40.7 Å². The largest absolute Gasteiger partial charge is 0.463 e. The van der Waals surface area contributed by atoms with Gasteiger partial charge in [-0.3, -0.25) is 9.36 Å². The molecule has 3 fully saturated rings. The number of nitrogens with zero attached hydrogens (tertiary/aromatic N) is 4. The first-order valence-corrected chi connectivity index (χ1v) is 12.3. The van der Waals surface area contributed by atoms with E-state index in [4.69, 9.17) is 15.2 Å². The van der Waals surface area contributed by atoms with E-state index >= 15 is 0 Å². The van der Waals surface area contributed by atoms with Crippen molar-refractivity contribution in [1.29, 1.82) is 0 Å². The summed E-state index contributed by atoms with van der Waals surface area (Å²) in [6, 6.07) is 0.237. The van der Waals surface area contributed by atoms with Gasteiger partial charge in [-0.05, 0) is 12.8 Å². The van der Waals surface area contributed by atoms with Crippen molar-refractivity contribution in [3.05, 3.63) is 12.7 Å². The number of thioether (sulfide) groups is 1. The number of hydrogen-bond acceptors (Lipinski definition) is 11. The van der Waals surface area contributed by atoms with Crippen LogP contribution in [0.25, 0.3) is 11.2 Å². The van der Waals surface area contributed by atoms with Crippen molar-refractivity contribution in [2.24, 2.45) is 0 Å². The minimum Gasteiger partial charge on any atom is -0.463 e. The van der Waals surface area contributed by atoms with Gasteiger partial charge < -0.3 is 36.1 Å². The van der Waals surface area contributed by atoms with E-state index in [1.807, 2.05) is 11.8 Å². The van der Waals surface area contributed by atoms with Crippen LogP contribution >= 0.6 is 11.8 Å². The lowest BCUT2D eigenvalue weighted by Crippen LogP contribution is -2.36. The smallest absolute Gasteiger partial charge is 0.315 e. The summed E-state index contributed by atoms with van der Waals surface area (Å²) < 4.78 is 12.5. The number of esters is 1. The molecule has 2 amide bonds. The molecule has 7 atom stereocenters. The number of carbonyl (C=O) groups is 2. The number of amides is 2. The zero-order chi connectivity index (χ0) is 23.8. The molecule has 0 saturated carbocycles. The Morgan fingerprint density at radius 1 is 1.26 bits per heavy atom. The van der Waals surface area contributed by atoms with E-state index < -0.39 is 30.5 Å². The minimum atomic E-state index is -1.27. The van der Waals surface area contributed by atoms with Crippen molar-refractivity contribution < 1.29 is 29.3 Å². The second-order valence-corrected chi connectivity index (χ2v) is 9.95. The lowest BCUT2D eigenvalue weighted by atomic mass is 10.0. The summed E-state index contributed by atoms with van der Waals surface area (Å²) in [4.78, 5) is 35.8. The van der Waals surface area contributed by atoms with Crippen molar-refractivity contribution in [2.75, 3.05) is 18.1 Å². The van der Waals surface area contributed by atoms with Gasteiger partial charge in [0.15, 0.2) is 17.7 Å². The number of hydrogen-bond donors (Lipinski definition) is 5. The number of carbonyl (C=O) groups excluding carboxylic acids is 2. The standard InChI is InChI=1S/C20H27N7O6S/c21-17-14-18(23-7-22-17)27(8-24-14)19-16(30)15(29)10(33-19)5-32-12(28)4-2-1-3-11-13-9(6-34-11)25-20(31)26-13/h7-11,13,15-16,19,29-30H,1-6H2,(H2,21,22,23)(H2,25,26,31)/t9-,10+,11-,13-,15+,16+,19+/m0/s1. The SMILES string of the molecule is Nc1ncnc2c1ncn2[C@@H]1O[C@H](COC(=O)CCCC[C@@H]2SC[C@@H]3NC(=O)N[C@@H]32)[C@@H](O)[C@H]1O. The molecule has 0 bridgehead atoms. The summed E-state index contributed by atoms with van der Waals surface area (Å²) >= 11 is 1.84. The molecule has 3 aliphatic rings. The maximum atomic E-state index is 12.2. The number of nitrogen functional groups attached to an aromatic ring is 1. The van der Waals surface area contributed by atoms with Crippen molar-refractivity contribution in [3.63, 3.8) is 0 Å². The first-order chi connectivity index (χ1) is 16.4. The van der Waals surface area contributed by atoms with Crippen LogP contribution < -0.4 is 16.4 Å². The summed E-state index contributed by atoms with van der Waals surface area (Å²) in [6.07, 6.45) is 0.957. The Labute approximate surface area is 198 Å². The first-order valence-electron chi connectivity index (χ1n) is 11.2. The number of anilines is 1. The molecule has 184 valence electrons. The Balaban J connectivity index is 1.07. The highest BCUT2D eigenvalue weighted by Crippen LogP contribution is 2.34. The van der Waals surface area contributed by atoms with Crippen LogP contribution in [0, 0.1) is 0 Å². The molecule has 0 aliphatic carbocycles. The Bertz CT molecular complexity index is 1070. The molecule has 0 radical (unpaired) electrons. The Kier molecular flexibility index (Phi) is 6.46. The lowest BCUT2D eigenvalue weighted by Gasteiger charge is -2.17. The van der Waals surface area contributed by atoms with E-state index in [0.29, 0.717) is 22.8 Å². The molecule has 0 unspecified atom stereocenters. The van der Waals surface area contributed by atoms with Gasteiger partial charge in [0.25, 0.3) is 0 Å². The molecule has 3 aliphatic heterocycles. The van der Waals surface area contributed by atoms with Crippen LogP contribution in [0.4, 0.5) is 10.6 Å². The summed E-state index contributed by atoms with van der Waals surface area (Å²) in [6.45, 7) is -0.183. The molecular formula is C20H27N7O6S. The zero-order valence-corrected chi connectivity index (χ0v) is 19.1. The molecule has 0 spiro atoms. The fourth-order valence-corrected chi connectivity index (χ4v) is 6.20. The zero-order valence-electron chi connectivity index (χ0n) is 18.2. The predicted molar refractivity (Wildman–Crippen MR) is 121 cm³/mol. The van der Waals surface area contributed by atoms with Gasteiger partial charge in [-0.1, -0.05) is 6.42 Å². The average molecular weight is 494 g/mol. The molecular weight excluding hydrogens is 466 g/mol. The molecule has 5 heterocycles. The molecule has 3 saturated heterocycles. The second-order valence-electron chi connectivity index (χ2n) is 8.68. The highest BCUT2D eigenvalue weighted by molar-refractivity contribution is 8.00. The molecule has 2 aromatic rings. The van der Waals surface area contributed by atoms with Crippen molar-refractivity contribution in [3.8, 4) is 0 Å². The highest BCUT2D eigenvalue weighted by atomic mass is 32.2. The number of rotatable bonds is 8. The molecule has 6 N–H and O–H groups in total. The fourth-order valence-electron chi connectivity index (χ4n) is 4.66. The lowest BCUT2D eigenvalue weighted by molar-refractivity contribution is -0.150. The number of nitrogens with two attached hydrogens (primary N) is 1. The first kappa shape index (κ1) is 23.1. The number of urea groups is 1. The molecule has 34 heavy (non-hydrogen) atoms. The molecule has 14 heteroatoms. The molecule has 2 aromatic heterocycles. The van der Waals surface area contributed by atoms with Crippen LogP contribution in [-0.2, 0) is 14.3 Å². The number of fused-ring (bicyclic) bond motifs is 2. The monoisotopic (exact) mass is 493 g/mol. The van der Waals surface area contributed by atoms with E-state index in [2.05, 4.69) is 25.6 Å². The van der Waals surface area contributed by atoms with Gasteiger partial charge in [0.1, 0.15) is 36.8 Å². The minimum absolute atomic E-state index is 0.105. The van der Waals surface area contributed by atoms with Gasteiger partial charge in [-0.15, -0.1) is 0 Å². The third kappa shape index (κ3) is 4.37. The summed E-state index contributed by atoms with van der Waals surface area (Å²) in [7, 11) is 0. The van der Waals surface area contributed by atoms with Gasteiger partial charge in [-0.2, -0.15) is 11.8 Å². The van der Waals surface area contributed by atoms with Gasteiger partial charge in [0, 0.05) is 17.4 Å². The summed E-state index contributed by atoms with van der Waals surface area (Å²) in [5.41, 5.74) is 6.52. The fraction of sp³-hybridized carbons (Fsp3) is 0.650. The van der Waals surface area contributed by atoms with Gasteiger partial charge >= 0.3 is 12.0 Å².